The van der Waals surface area contributed by atoms with E-state index in [-0.39, 0.29) is 21.7 Å². The molecule has 1 unspecified atom stereocenters. The van der Waals surface area contributed by atoms with Crippen LogP contribution in [0.2, 0.25) is 15.1 Å². The molecule has 1 atom stereocenters. The second-order valence-electron chi connectivity index (χ2n) is 6.03. The van der Waals surface area contributed by atoms with Crippen LogP contribution in [-0.2, 0) is 0 Å². The first kappa shape index (κ1) is 19.9. The zero-order chi connectivity index (χ0) is 19.7. The van der Waals surface area contributed by atoms with Gasteiger partial charge >= 0.3 is 6.03 Å². The molecule has 9 heteroatoms. The molecule has 1 aliphatic heterocycles. The molecule has 1 heterocycles. The zero-order valence-corrected chi connectivity index (χ0v) is 16.3. The Hall–Kier alpha value is -1.89. The summed E-state index contributed by atoms with van der Waals surface area (Å²) in [5.74, 6) is -0.0275. The summed E-state index contributed by atoms with van der Waals surface area (Å²) in [6.07, 6.45) is -2.89. The predicted octanol–water partition coefficient (Wildman–Crippen LogP) is 6.47. The molecule has 2 aromatic rings. The van der Waals surface area contributed by atoms with E-state index in [0.717, 1.165) is 5.56 Å². The van der Waals surface area contributed by atoms with Crippen LogP contribution in [0.1, 0.15) is 24.5 Å². The number of carbonyl (C=O) groups excluding carboxylic acids is 1. The maximum Gasteiger partial charge on any atom is 0.342 e. The molecule has 0 aromatic heterocycles. The van der Waals surface area contributed by atoms with Crippen LogP contribution in [0.15, 0.2) is 41.5 Å². The van der Waals surface area contributed by atoms with E-state index < -0.39 is 18.0 Å². The molecule has 0 radical (unpaired) electrons. The van der Waals surface area contributed by atoms with Crippen molar-refractivity contribution in [2.24, 2.45) is 11.0 Å². The van der Waals surface area contributed by atoms with E-state index in [1.165, 1.54) is 17.1 Å². The lowest BCUT2D eigenvalue weighted by molar-refractivity contribution is 0.152. The van der Waals surface area contributed by atoms with Crippen LogP contribution in [0, 0.1) is 5.92 Å². The third kappa shape index (κ3) is 4.18. The van der Waals surface area contributed by atoms with Gasteiger partial charge in [-0.3, -0.25) is 0 Å². The van der Waals surface area contributed by atoms with Gasteiger partial charge in [0.15, 0.2) is 0 Å². The standard InChI is InChI=1S/C18H14Cl3F2N3O/c1-9-8-26(25-16(9)10-2-4-11(19)5-3-10)18(27)24-13-7-6-12(20)15(21)14(13)17(22)23/h2-7,9,17H,8H2,1H3,(H,24,27). The van der Waals surface area contributed by atoms with Crippen molar-refractivity contribution in [1.29, 1.82) is 0 Å². The molecule has 2 amide bonds. The molecule has 0 saturated heterocycles. The highest BCUT2D eigenvalue weighted by atomic mass is 35.5. The summed E-state index contributed by atoms with van der Waals surface area (Å²) in [6, 6.07) is 9.10. The Balaban J connectivity index is 1.83. The zero-order valence-electron chi connectivity index (χ0n) is 14.0. The number of carbonyl (C=O) groups is 1. The number of halogens is 5. The van der Waals surface area contributed by atoms with Gasteiger partial charge in [0.25, 0.3) is 6.43 Å². The fraction of sp³-hybridized carbons (Fsp3) is 0.222. The molecule has 3 rings (SSSR count). The minimum atomic E-state index is -2.89. The number of rotatable bonds is 3. The fourth-order valence-corrected chi connectivity index (χ4v) is 3.31. The van der Waals surface area contributed by atoms with E-state index in [0.29, 0.717) is 17.3 Å². The second-order valence-corrected chi connectivity index (χ2v) is 7.25. The number of hydrogen-bond donors (Lipinski definition) is 1. The Bertz CT molecular complexity index is 903. The Labute approximate surface area is 169 Å². The van der Waals surface area contributed by atoms with Crippen molar-refractivity contribution in [2.45, 2.75) is 13.3 Å². The van der Waals surface area contributed by atoms with Crippen LogP contribution in [0.4, 0.5) is 19.3 Å². The highest BCUT2D eigenvalue weighted by Gasteiger charge is 2.29. The first-order valence-corrected chi connectivity index (χ1v) is 9.10. The quantitative estimate of drug-likeness (QED) is 0.593. The van der Waals surface area contributed by atoms with Gasteiger partial charge in [-0.25, -0.2) is 18.6 Å². The van der Waals surface area contributed by atoms with E-state index in [1.54, 1.807) is 12.1 Å². The van der Waals surface area contributed by atoms with Gasteiger partial charge in [0.1, 0.15) is 0 Å². The summed E-state index contributed by atoms with van der Waals surface area (Å²) in [6.45, 7) is 2.24. The van der Waals surface area contributed by atoms with Gasteiger partial charge < -0.3 is 5.32 Å². The maximum absolute atomic E-state index is 13.3. The number of benzene rings is 2. The molecule has 0 fully saturated rings. The molecule has 142 valence electrons. The van der Waals surface area contributed by atoms with Gasteiger partial charge in [0, 0.05) is 10.9 Å². The summed E-state index contributed by atoms with van der Waals surface area (Å²) in [4.78, 5) is 12.5. The van der Waals surface area contributed by atoms with Gasteiger partial charge in [-0.2, -0.15) is 5.10 Å². The molecule has 0 bridgehead atoms. The van der Waals surface area contributed by atoms with Crippen molar-refractivity contribution in [2.75, 3.05) is 11.9 Å². The second kappa shape index (κ2) is 8.00. The summed E-state index contributed by atoms with van der Waals surface area (Å²) < 4.78 is 26.7. The number of amides is 2. The van der Waals surface area contributed by atoms with Crippen molar-refractivity contribution in [1.82, 2.24) is 5.01 Å². The van der Waals surface area contributed by atoms with Crippen LogP contribution in [0.5, 0.6) is 0 Å². The van der Waals surface area contributed by atoms with Crippen LogP contribution < -0.4 is 5.32 Å². The van der Waals surface area contributed by atoms with Gasteiger partial charge in [-0.1, -0.05) is 53.9 Å². The molecule has 0 spiro atoms. The summed E-state index contributed by atoms with van der Waals surface area (Å²) >= 11 is 17.5. The number of hydrogen-bond acceptors (Lipinski definition) is 2. The molecule has 1 aliphatic rings. The van der Waals surface area contributed by atoms with E-state index in [1.807, 2.05) is 19.1 Å². The Morgan fingerprint density at radius 3 is 2.48 bits per heavy atom. The minimum Gasteiger partial charge on any atom is -0.306 e. The number of nitrogens with one attached hydrogen (secondary N) is 1. The molecule has 1 N–H and O–H groups in total. The van der Waals surface area contributed by atoms with Crippen LogP contribution in [0.25, 0.3) is 0 Å². The number of nitrogens with zero attached hydrogens (tertiary/aromatic N) is 2. The summed E-state index contributed by atoms with van der Waals surface area (Å²) in [7, 11) is 0. The maximum atomic E-state index is 13.3. The molecule has 4 nitrogen and oxygen atoms in total. The SMILES string of the molecule is CC1CN(C(=O)Nc2ccc(Cl)c(Cl)c2C(F)F)N=C1c1ccc(Cl)cc1. The normalized spacial score (nSPS) is 16.6. The molecule has 0 saturated carbocycles. The van der Waals surface area contributed by atoms with E-state index >= 15 is 0 Å². The van der Waals surface area contributed by atoms with Crippen LogP contribution >= 0.6 is 34.8 Å². The van der Waals surface area contributed by atoms with Crippen molar-refractivity contribution in [3.63, 3.8) is 0 Å². The van der Waals surface area contributed by atoms with E-state index in [4.69, 9.17) is 34.8 Å². The van der Waals surface area contributed by atoms with Gasteiger partial charge in [0.2, 0.25) is 0 Å². The molecular weight excluding hydrogens is 419 g/mol. The predicted molar refractivity (Wildman–Crippen MR) is 104 cm³/mol. The summed E-state index contributed by atoms with van der Waals surface area (Å²) in [5.41, 5.74) is 0.925. The average Bonchev–Trinajstić information content (AvgIpc) is 3.00. The lowest BCUT2D eigenvalue weighted by Gasteiger charge is -2.17. The van der Waals surface area contributed by atoms with Crippen molar-refractivity contribution >= 4 is 52.2 Å². The molecule has 0 aliphatic carbocycles. The lowest BCUT2D eigenvalue weighted by atomic mass is 10.00. The van der Waals surface area contributed by atoms with E-state index in [2.05, 4.69) is 10.4 Å². The van der Waals surface area contributed by atoms with Crippen LogP contribution in [-0.4, -0.2) is 23.3 Å². The largest absolute Gasteiger partial charge is 0.342 e. The third-order valence-corrected chi connectivity index (χ3v) is 5.18. The highest BCUT2D eigenvalue weighted by Crippen LogP contribution is 2.38. The van der Waals surface area contributed by atoms with Crippen molar-refractivity contribution < 1.29 is 13.6 Å². The van der Waals surface area contributed by atoms with Crippen LogP contribution in [0.3, 0.4) is 0 Å². The Morgan fingerprint density at radius 2 is 1.85 bits per heavy atom. The fourth-order valence-electron chi connectivity index (χ4n) is 2.77. The van der Waals surface area contributed by atoms with Gasteiger partial charge in [-0.15, -0.1) is 0 Å². The minimum absolute atomic E-state index is 0.0113. The smallest absolute Gasteiger partial charge is 0.306 e. The highest BCUT2D eigenvalue weighted by molar-refractivity contribution is 6.42. The number of hydrazone groups is 1. The monoisotopic (exact) mass is 431 g/mol. The molecule has 2 aromatic carbocycles. The van der Waals surface area contributed by atoms with Gasteiger partial charge in [-0.05, 0) is 29.8 Å². The van der Waals surface area contributed by atoms with E-state index in [9.17, 15) is 13.6 Å². The van der Waals surface area contributed by atoms with Crippen molar-refractivity contribution in [3.8, 4) is 0 Å². The molecule has 27 heavy (non-hydrogen) atoms. The first-order chi connectivity index (χ1) is 12.8. The first-order valence-electron chi connectivity index (χ1n) is 7.97. The van der Waals surface area contributed by atoms with Crippen molar-refractivity contribution in [3.05, 3.63) is 62.6 Å². The lowest BCUT2D eigenvalue weighted by Crippen LogP contribution is -2.30. The molecular formula is C18H14Cl3F2N3O. The Morgan fingerprint density at radius 1 is 1.19 bits per heavy atom. The number of alkyl halides is 2. The summed E-state index contributed by atoms with van der Waals surface area (Å²) in [5, 5.41) is 8.27. The average molecular weight is 433 g/mol. The Kier molecular flexibility index (Phi) is 5.89. The number of urea groups is 1. The number of anilines is 1. The third-order valence-electron chi connectivity index (χ3n) is 4.11. The topological polar surface area (TPSA) is 44.7 Å². The van der Waals surface area contributed by atoms with Gasteiger partial charge in [0.05, 0.1) is 33.6 Å².